The van der Waals surface area contributed by atoms with Crippen LogP contribution in [0.3, 0.4) is 0 Å². The van der Waals surface area contributed by atoms with Crippen LogP contribution in [0.5, 0.6) is 0 Å². The van der Waals surface area contributed by atoms with Crippen LogP contribution in [0, 0.1) is 0 Å². The third-order valence-electron chi connectivity index (χ3n) is 4.21. The molecule has 0 bridgehead atoms. The van der Waals surface area contributed by atoms with Crippen LogP contribution in [-0.2, 0) is 22.6 Å². The average Bonchev–Trinajstić information content (AvgIpc) is 2.66. The van der Waals surface area contributed by atoms with Crippen LogP contribution in [0.2, 0.25) is 0 Å². The fourth-order valence-corrected chi connectivity index (χ4v) is 2.64. The number of carbonyl (C=O) groups is 3. The van der Waals surface area contributed by atoms with Crippen molar-refractivity contribution >= 4 is 17.8 Å². The number of rotatable bonds is 9. The number of aromatic carboxylic acids is 1. The standard InChI is InChI=1S/C21H24N2O4/c1-16(24)23(15-18-5-3-2-4-6-18)14-12-20(25)22-13-11-17-7-9-19(10-8-17)21(26)27/h2-10H,11-15H2,1H3,(H,22,25)(H,26,27). The monoisotopic (exact) mass is 368 g/mol. The summed E-state index contributed by atoms with van der Waals surface area (Å²) in [5.74, 6) is -1.14. The summed E-state index contributed by atoms with van der Waals surface area (Å²) in [5, 5.41) is 11.7. The fourth-order valence-electron chi connectivity index (χ4n) is 2.64. The summed E-state index contributed by atoms with van der Waals surface area (Å²) in [6, 6.07) is 16.2. The number of carboxylic acid groups (broad SMARTS) is 1. The lowest BCUT2D eigenvalue weighted by Crippen LogP contribution is -2.34. The maximum absolute atomic E-state index is 12.0. The molecule has 0 spiro atoms. The summed E-state index contributed by atoms with van der Waals surface area (Å²) < 4.78 is 0. The number of carboxylic acids is 1. The second-order valence-corrected chi connectivity index (χ2v) is 6.28. The molecule has 2 aromatic rings. The quantitative estimate of drug-likeness (QED) is 0.712. The Kier molecular flexibility index (Phi) is 7.55. The lowest BCUT2D eigenvalue weighted by molar-refractivity contribution is -0.130. The van der Waals surface area contributed by atoms with Gasteiger partial charge in [0, 0.05) is 33.0 Å². The molecule has 0 fully saturated rings. The minimum absolute atomic E-state index is 0.0647. The van der Waals surface area contributed by atoms with Crippen LogP contribution in [0.15, 0.2) is 54.6 Å². The van der Waals surface area contributed by atoms with Crippen LogP contribution in [0.1, 0.15) is 34.8 Å². The van der Waals surface area contributed by atoms with Gasteiger partial charge >= 0.3 is 5.97 Å². The highest BCUT2D eigenvalue weighted by molar-refractivity contribution is 5.87. The predicted molar refractivity (Wildman–Crippen MR) is 102 cm³/mol. The molecule has 0 aliphatic carbocycles. The largest absolute Gasteiger partial charge is 0.478 e. The van der Waals surface area contributed by atoms with Gasteiger partial charge in [0.15, 0.2) is 0 Å². The van der Waals surface area contributed by atoms with Crippen LogP contribution in [-0.4, -0.2) is 40.9 Å². The van der Waals surface area contributed by atoms with E-state index in [1.165, 1.54) is 6.92 Å². The maximum atomic E-state index is 12.0. The van der Waals surface area contributed by atoms with Crippen LogP contribution >= 0.6 is 0 Å². The van der Waals surface area contributed by atoms with Crippen molar-refractivity contribution in [1.82, 2.24) is 10.2 Å². The van der Waals surface area contributed by atoms with Gasteiger partial charge in [0.05, 0.1) is 5.56 Å². The van der Waals surface area contributed by atoms with Gasteiger partial charge in [0.2, 0.25) is 11.8 Å². The lowest BCUT2D eigenvalue weighted by Gasteiger charge is -2.21. The Labute approximate surface area is 158 Å². The lowest BCUT2D eigenvalue weighted by atomic mass is 10.1. The molecule has 27 heavy (non-hydrogen) atoms. The smallest absolute Gasteiger partial charge is 0.335 e. The third-order valence-corrected chi connectivity index (χ3v) is 4.21. The molecule has 0 saturated heterocycles. The van der Waals surface area contributed by atoms with Crippen molar-refractivity contribution in [3.63, 3.8) is 0 Å². The molecule has 0 aromatic heterocycles. The molecule has 0 aliphatic heterocycles. The zero-order chi connectivity index (χ0) is 19.6. The normalized spacial score (nSPS) is 10.3. The van der Waals surface area contributed by atoms with Gasteiger partial charge in [-0.3, -0.25) is 9.59 Å². The summed E-state index contributed by atoms with van der Waals surface area (Å²) in [6.07, 6.45) is 0.858. The Morgan fingerprint density at radius 1 is 0.963 bits per heavy atom. The summed E-state index contributed by atoms with van der Waals surface area (Å²) >= 11 is 0. The van der Waals surface area contributed by atoms with E-state index in [1.54, 1.807) is 29.2 Å². The van der Waals surface area contributed by atoms with Crippen molar-refractivity contribution in [1.29, 1.82) is 0 Å². The minimum Gasteiger partial charge on any atom is -0.478 e. The second-order valence-electron chi connectivity index (χ2n) is 6.28. The van der Waals surface area contributed by atoms with Gasteiger partial charge < -0.3 is 15.3 Å². The van der Waals surface area contributed by atoms with Gasteiger partial charge in [-0.05, 0) is 29.7 Å². The average molecular weight is 368 g/mol. The summed E-state index contributed by atoms with van der Waals surface area (Å²) in [5.41, 5.74) is 2.22. The number of hydrogen-bond acceptors (Lipinski definition) is 3. The number of benzene rings is 2. The van der Waals surface area contributed by atoms with Crippen molar-refractivity contribution in [2.24, 2.45) is 0 Å². The molecule has 2 aromatic carbocycles. The zero-order valence-electron chi connectivity index (χ0n) is 15.4. The fraction of sp³-hybridized carbons (Fsp3) is 0.286. The molecule has 0 saturated carbocycles. The third kappa shape index (κ3) is 6.93. The van der Waals surface area contributed by atoms with E-state index in [4.69, 9.17) is 5.11 Å². The molecule has 0 aliphatic rings. The van der Waals surface area contributed by atoms with E-state index in [9.17, 15) is 14.4 Å². The van der Waals surface area contributed by atoms with E-state index < -0.39 is 5.97 Å². The molecule has 0 radical (unpaired) electrons. The van der Waals surface area contributed by atoms with Gasteiger partial charge in [-0.15, -0.1) is 0 Å². The number of nitrogens with zero attached hydrogens (tertiary/aromatic N) is 1. The second kappa shape index (κ2) is 10.1. The molecule has 2 amide bonds. The summed E-state index contributed by atoms with van der Waals surface area (Å²) in [6.45, 7) is 2.81. The van der Waals surface area contributed by atoms with Gasteiger partial charge in [0.25, 0.3) is 0 Å². The molecule has 2 rings (SSSR count). The van der Waals surface area contributed by atoms with Crippen molar-refractivity contribution in [3.8, 4) is 0 Å². The molecule has 0 atom stereocenters. The summed E-state index contributed by atoms with van der Waals surface area (Å²) in [4.78, 5) is 36.3. The molecule has 0 heterocycles. The Balaban J connectivity index is 1.74. The molecule has 142 valence electrons. The Bertz CT molecular complexity index is 773. The van der Waals surface area contributed by atoms with E-state index in [0.717, 1.165) is 11.1 Å². The molecule has 2 N–H and O–H groups in total. The van der Waals surface area contributed by atoms with Gasteiger partial charge in [0.1, 0.15) is 0 Å². The highest BCUT2D eigenvalue weighted by Crippen LogP contribution is 2.06. The molecule has 0 unspecified atom stereocenters. The number of carbonyl (C=O) groups excluding carboxylic acids is 2. The summed E-state index contributed by atoms with van der Waals surface area (Å²) in [7, 11) is 0. The van der Waals surface area contributed by atoms with E-state index in [2.05, 4.69) is 5.32 Å². The topological polar surface area (TPSA) is 86.7 Å². The predicted octanol–water partition coefficient (Wildman–Crippen LogP) is 2.48. The first-order chi connectivity index (χ1) is 13.0. The Hall–Kier alpha value is -3.15. The van der Waals surface area contributed by atoms with E-state index in [1.807, 2.05) is 30.3 Å². The molecular formula is C21H24N2O4. The molecule has 6 heteroatoms. The zero-order valence-corrected chi connectivity index (χ0v) is 15.4. The van der Waals surface area contributed by atoms with Crippen LogP contribution in [0.4, 0.5) is 0 Å². The first-order valence-electron chi connectivity index (χ1n) is 8.84. The first kappa shape index (κ1) is 20.2. The maximum Gasteiger partial charge on any atom is 0.335 e. The van der Waals surface area contributed by atoms with Gasteiger partial charge in [-0.25, -0.2) is 4.79 Å². The number of hydrogen-bond donors (Lipinski definition) is 2. The highest BCUT2D eigenvalue weighted by atomic mass is 16.4. The van der Waals surface area contributed by atoms with E-state index >= 15 is 0 Å². The Morgan fingerprint density at radius 3 is 2.22 bits per heavy atom. The van der Waals surface area contributed by atoms with Crippen LogP contribution in [0.25, 0.3) is 0 Å². The van der Waals surface area contributed by atoms with Crippen molar-refractivity contribution < 1.29 is 19.5 Å². The van der Waals surface area contributed by atoms with Gasteiger partial charge in [-0.1, -0.05) is 42.5 Å². The minimum atomic E-state index is -0.958. The number of nitrogens with one attached hydrogen (secondary N) is 1. The number of amides is 2. The first-order valence-corrected chi connectivity index (χ1v) is 8.84. The molecule has 6 nitrogen and oxygen atoms in total. The van der Waals surface area contributed by atoms with Crippen molar-refractivity contribution in [2.75, 3.05) is 13.1 Å². The SMILES string of the molecule is CC(=O)N(CCC(=O)NCCc1ccc(C(=O)O)cc1)Cc1ccccc1. The highest BCUT2D eigenvalue weighted by Gasteiger charge is 2.11. The molecular weight excluding hydrogens is 344 g/mol. The van der Waals surface area contributed by atoms with Gasteiger partial charge in [-0.2, -0.15) is 0 Å². The van der Waals surface area contributed by atoms with Crippen LogP contribution < -0.4 is 5.32 Å². The van der Waals surface area contributed by atoms with E-state index in [-0.39, 0.29) is 23.8 Å². The van der Waals surface area contributed by atoms with Crippen molar-refractivity contribution in [2.45, 2.75) is 26.3 Å². The Morgan fingerprint density at radius 2 is 1.63 bits per heavy atom. The van der Waals surface area contributed by atoms with E-state index in [0.29, 0.717) is 26.1 Å². The van der Waals surface area contributed by atoms with Crippen molar-refractivity contribution in [3.05, 3.63) is 71.3 Å².